The summed E-state index contributed by atoms with van der Waals surface area (Å²) in [5, 5.41) is 2.65. The monoisotopic (exact) mass is 232 g/mol. The first-order valence-corrected chi connectivity index (χ1v) is 5.21. The summed E-state index contributed by atoms with van der Waals surface area (Å²) in [5.41, 5.74) is 5.49. The molecular weight excluding hydrogens is 224 g/mol. The summed E-state index contributed by atoms with van der Waals surface area (Å²) in [6.07, 6.45) is -0.418. The van der Waals surface area contributed by atoms with Crippen molar-refractivity contribution >= 4 is 12.1 Å². The summed E-state index contributed by atoms with van der Waals surface area (Å²) in [6, 6.07) is 6.52. The Hall–Kier alpha value is -2.44. The summed E-state index contributed by atoms with van der Waals surface area (Å²) >= 11 is 0. The molecule has 1 aromatic rings. The van der Waals surface area contributed by atoms with Crippen LogP contribution >= 0.6 is 0 Å². The molecule has 1 aromatic carbocycles. The number of nitrogens with zero attached hydrogens (tertiary/aromatic N) is 2. The van der Waals surface area contributed by atoms with E-state index in [2.05, 4.69) is 10.9 Å². The lowest BCUT2D eigenvalue weighted by molar-refractivity contribution is -0.203. The van der Waals surface area contributed by atoms with Crippen molar-refractivity contribution in [2.24, 2.45) is 0 Å². The molecule has 0 saturated carbocycles. The molecule has 0 bridgehead atoms. The van der Waals surface area contributed by atoms with Gasteiger partial charge in [-0.2, -0.15) is 5.01 Å². The third-order valence-corrected chi connectivity index (χ3v) is 3.18. The minimum absolute atomic E-state index is 0.211. The van der Waals surface area contributed by atoms with Gasteiger partial charge in [-0.3, -0.25) is 0 Å². The van der Waals surface area contributed by atoms with E-state index in [0.29, 0.717) is 0 Å². The van der Waals surface area contributed by atoms with Crippen LogP contribution in [-0.4, -0.2) is 28.3 Å². The number of para-hydroxylation sites is 1. The molecule has 0 radical (unpaired) electrons. The van der Waals surface area contributed by atoms with Gasteiger partial charge in [-0.25, -0.2) is 25.4 Å². The van der Waals surface area contributed by atoms with Crippen molar-refractivity contribution in [3.05, 3.63) is 29.8 Å². The number of urea groups is 2. The second kappa shape index (κ2) is 2.62. The van der Waals surface area contributed by atoms with Gasteiger partial charge in [0.15, 0.2) is 0 Å². The van der Waals surface area contributed by atoms with Crippen molar-refractivity contribution in [2.75, 3.05) is 0 Å². The Morgan fingerprint density at radius 2 is 1.76 bits per heavy atom. The standard InChI is InChI=1S/C10H8N4O3/c15-9-11-12-10(16)14-8-7(13(9)14)5-3-1-2-4-6(5)17-8/h1-4,7-8H,(H,11,15)(H,12,16). The van der Waals surface area contributed by atoms with Crippen molar-refractivity contribution in [1.29, 1.82) is 0 Å². The SMILES string of the molecule is O=C1NNC(=O)N2C3c4ccccc4OC3N12. The van der Waals surface area contributed by atoms with E-state index < -0.39 is 12.3 Å². The number of hydrogen-bond donors (Lipinski definition) is 2. The molecule has 7 heteroatoms. The quantitative estimate of drug-likeness (QED) is 0.676. The van der Waals surface area contributed by atoms with Crippen LogP contribution in [0.3, 0.4) is 0 Å². The fourth-order valence-corrected chi connectivity index (χ4v) is 2.46. The highest BCUT2D eigenvalue weighted by Crippen LogP contribution is 2.49. The van der Waals surface area contributed by atoms with Gasteiger partial charge in [-0.15, -0.1) is 0 Å². The van der Waals surface area contributed by atoms with Crippen LogP contribution in [0, 0.1) is 0 Å². The number of carbonyl (C=O) groups is 2. The van der Waals surface area contributed by atoms with Gasteiger partial charge in [-0.05, 0) is 6.07 Å². The zero-order chi connectivity index (χ0) is 11.6. The van der Waals surface area contributed by atoms with E-state index in [0.717, 1.165) is 11.3 Å². The Morgan fingerprint density at radius 1 is 1.06 bits per heavy atom. The molecule has 4 amide bonds. The summed E-state index contributed by atoms with van der Waals surface area (Å²) in [5.74, 6) is 0.720. The predicted molar refractivity (Wildman–Crippen MR) is 54.3 cm³/mol. The molecule has 3 aliphatic rings. The third kappa shape index (κ3) is 0.873. The van der Waals surface area contributed by atoms with Gasteiger partial charge in [0.05, 0.1) is 0 Å². The molecule has 4 rings (SSSR count). The number of benzene rings is 1. The summed E-state index contributed by atoms with van der Waals surface area (Å²) in [4.78, 5) is 23.2. The minimum Gasteiger partial charge on any atom is -0.465 e. The highest BCUT2D eigenvalue weighted by Gasteiger charge is 2.60. The molecule has 2 atom stereocenters. The molecule has 17 heavy (non-hydrogen) atoms. The van der Waals surface area contributed by atoms with Gasteiger partial charge in [0.2, 0.25) is 6.23 Å². The van der Waals surface area contributed by atoms with Gasteiger partial charge < -0.3 is 4.74 Å². The van der Waals surface area contributed by atoms with E-state index >= 15 is 0 Å². The molecule has 0 aliphatic carbocycles. The lowest BCUT2D eigenvalue weighted by Gasteiger charge is -2.53. The van der Waals surface area contributed by atoms with Crippen molar-refractivity contribution in [2.45, 2.75) is 12.3 Å². The van der Waals surface area contributed by atoms with Crippen molar-refractivity contribution in [3.63, 3.8) is 0 Å². The van der Waals surface area contributed by atoms with Crippen LogP contribution < -0.4 is 15.6 Å². The van der Waals surface area contributed by atoms with Crippen molar-refractivity contribution in [1.82, 2.24) is 20.9 Å². The number of hydrazine groups is 2. The Labute approximate surface area is 95.9 Å². The largest absolute Gasteiger partial charge is 0.465 e. The van der Waals surface area contributed by atoms with E-state index in [1.807, 2.05) is 24.3 Å². The molecule has 2 N–H and O–H groups in total. The van der Waals surface area contributed by atoms with Crippen LogP contribution in [0.25, 0.3) is 0 Å². The van der Waals surface area contributed by atoms with Crippen LogP contribution in [0.1, 0.15) is 11.6 Å². The number of fused-ring (bicyclic) bond motifs is 6. The Bertz CT molecular complexity index is 546. The molecule has 0 aromatic heterocycles. The summed E-state index contributed by atoms with van der Waals surface area (Å²) in [6.45, 7) is 0. The first-order valence-electron chi connectivity index (χ1n) is 5.21. The van der Waals surface area contributed by atoms with Gasteiger partial charge in [0.1, 0.15) is 11.8 Å². The zero-order valence-corrected chi connectivity index (χ0v) is 8.58. The van der Waals surface area contributed by atoms with Gasteiger partial charge in [-0.1, -0.05) is 18.2 Å². The molecule has 2 saturated heterocycles. The van der Waals surface area contributed by atoms with E-state index in [1.165, 1.54) is 10.0 Å². The van der Waals surface area contributed by atoms with Gasteiger partial charge >= 0.3 is 12.1 Å². The topological polar surface area (TPSA) is 73.9 Å². The lowest BCUT2D eigenvalue weighted by Crippen LogP contribution is -2.78. The lowest BCUT2D eigenvalue weighted by atomic mass is 10.0. The molecule has 2 fully saturated rings. The number of ether oxygens (including phenoxy) is 1. The molecular formula is C10H8N4O3. The number of nitrogens with one attached hydrogen (secondary N) is 2. The fourth-order valence-electron chi connectivity index (χ4n) is 2.46. The highest BCUT2D eigenvalue weighted by atomic mass is 16.5. The van der Waals surface area contributed by atoms with E-state index in [9.17, 15) is 9.59 Å². The Morgan fingerprint density at radius 3 is 2.59 bits per heavy atom. The maximum absolute atomic E-state index is 11.7. The maximum Gasteiger partial charge on any atom is 0.358 e. The second-order valence-corrected chi connectivity index (χ2v) is 4.04. The van der Waals surface area contributed by atoms with Crippen LogP contribution in [0.15, 0.2) is 24.3 Å². The molecule has 0 spiro atoms. The Kier molecular flexibility index (Phi) is 1.34. The van der Waals surface area contributed by atoms with Crippen LogP contribution in [-0.2, 0) is 0 Å². The highest BCUT2D eigenvalue weighted by molar-refractivity contribution is 5.88. The smallest absolute Gasteiger partial charge is 0.358 e. The van der Waals surface area contributed by atoms with Crippen LogP contribution in [0.5, 0.6) is 5.75 Å². The van der Waals surface area contributed by atoms with E-state index in [4.69, 9.17) is 4.74 Å². The average molecular weight is 232 g/mol. The molecule has 3 heterocycles. The second-order valence-electron chi connectivity index (χ2n) is 4.04. The molecule has 2 unspecified atom stereocenters. The normalized spacial score (nSPS) is 28.2. The van der Waals surface area contributed by atoms with Crippen LogP contribution in [0.2, 0.25) is 0 Å². The van der Waals surface area contributed by atoms with Crippen molar-refractivity contribution < 1.29 is 14.3 Å². The summed E-state index contributed by atoms with van der Waals surface area (Å²) in [7, 11) is 0. The molecule has 7 nitrogen and oxygen atoms in total. The summed E-state index contributed by atoms with van der Waals surface area (Å²) < 4.78 is 5.64. The van der Waals surface area contributed by atoms with E-state index in [-0.39, 0.29) is 12.1 Å². The number of rotatable bonds is 0. The first kappa shape index (κ1) is 8.68. The molecule has 3 aliphatic heterocycles. The third-order valence-electron chi connectivity index (χ3n) is 3.18. The molecule has 86 valence electrons. The number of carbonyl (C=O) groups excluding carboxylic acids is 2. The van der Waals surface area contributed by atoms with E-state index in [1.54, 1.807) is 0 Å². The zero-order valence-electron chi connectivity index (χ0n) is 8.58. The van der Waals surface area contributed by atoms with Crippen molar-refractivity contribution in [3.8, 4) is 5.75 Å². The predicted octanol–water partition coefficient (Wildman–Crippen LogP) is 0.327. The number of amides is 4. The Balaban J connectivity index is 1.79. The maximum atomic E-state index is 11.7. The van der Waals surface area contributed by atoms with Gasteiger partial charge in [0.25, 0.3) is 0 Å². The minimum atomic E-state index is -0.418. The first-order chi connectivity index (χ1) is 8.27. The number of hydrogen-bond acceptors (Lipinski definition) is 3. The van der Waals surface area contributed by atoms with Gasteiger partial charge in [0, 0.05) is 5.56 Å². The van der Waals surface area contributed by atoms with Crippen LogP contribution in [0.4, 0.5) is 9.59 Å². The fraction of sp³-hybridized carbons (Fsp3) is 0.200. The average Bonchev–Trinajstić information content (AvgIpc) is 2.61.